The molecule has 0 aromatic carbocycles. The third kappa shape index (κ3) is 39.9. The summed E-state index contributed by atoms with van der Waals surface area (Å²) in [7, 11) is 0. The topological polar surface area (TPSA) is 349 Å². The summed E-state index contributed by atoms with van der Waals surface area (Å²) < 4.78 is 21.1. The van der Waals surface area contributed by atoms with Gasteiger partial charge in [-0.2, -0.15) is 0 Å². The van der Waals surface area contributed by atoms with E-state index in [2.05, 4.69) is 26.6 Å². The molecule has 23 nitrogen and oxygen atoms in total. The lowest BCUT2D eigenvalue weighted by Crippen LogP contribution is -2.44. The number of hydrogen-bond acceptors (Lipinski definition) is 14. The van der Waals surface area contributed by atoms with E-state index in [0.29, 0.717) is 12.7 Å². The molecule has 0 bridgehead atoms. The van der Waals surface area contributed by atoms with Gasteiger partial charge in [-0.15, -0.1) is 0 Å². The van der Waals surface area contributed by atoms with Crippen LogP contribution in [0.25, 0.3) is 0 Å². The van der Waals surface area contributed by atoms with Crippen LogP contribution in [0.4, 0.5) is 0 Å². The molecule has 0 saturated heterocycles. The molecule has 0 spiro atoms. The van der Waals surface area contributed by atoms with E-state index in [1.54, 1.807) is 0 Å². The first-order valence-corrected chi connectivity index (χ1v) is 23.7. The summed E-state index contributed by atoms with van der Waals surface area (Å²) in [5.41, 5.74) is 0. The SMILES string of the molecule is O=CCC[C@H](NC(=O)CC[C@H](NC(=O)COCCOCCNC(=O)COCCOCCNC(=O)CCC(NC(=O)CCCCCCCCCCCCCCCCC(=O)O)C(=O)O)C(=O)O)C(=O)O. The molecule has 9 N–H and O–H groups in total. The monoisotopic (exact) mass is 976 g/mol. The third-order valence-electron chi connectivity index (χ3n) is 10.2. The normalized spacial score (nSPS) is 12.2. The van der Waals surface area contributed by atoms with Gasteiger partial charge in [0.05, 0.1) is 39.6 Å². The molecule has 0 fully saturated rings. The van der Waals surface area contributed by atoms with Crippen molar-refractivity contribution < 1.29 is 87.3 Å². The first-order valence-electron chi connectivity index (χ1n) is 23.7. The van der Waals surface area contributed by atoms with Crippen LogP contribution in [0.3, 0.4) is 0 Å². The summed E-state index contributed by atoms with van der Waals surface area (Å²) in [6, 6.07) is -3.91. The molecule has 0 rings (SSSR count). The summed E-state index contributed by atoms with van der Waals surface area (Å²) in [6.45, 7) is 0.136. The van der Waals surface area contributed by atoms with Crippen molar-refractivity contribution in [1.29, 1.82) is 0 Å². The Hall–Kier alpha value is -5.26. The second-order valence-electron chi connectivity index (χ2n) is 16.1. The highest BCUT2D eigenvalue weighted by atomic mass is 16.5. The molecule has 5 amide bonds. The highest BCUT2D eigenvalue weighted by Gasteiger charge is 2.24. The lowest BCUT2D eigenvalue weighted by atomic mass is 10.0. The van der Waals surface area contributed by atoms with Gasteiger partial charge in [0.1, 0.15) is 37.6 Å². The van der Waals surface area contributed by atoms with Gasteiger partial charge < -0.3 is 70.8 Å². The molecule has 1 unspecified atom stereocenters. The minimum Gasteiger partial charge on any atom is -0.481 e. The number of nitrogens with one attached hydrogen (secondary N) is 5. The van der Waals surface area contributed by atoms with Crippen LogP contribution >= 0.6 is 0 Å². The first kappa shape index (κ1) is 62.7. The van der Waals surface area contributed by atoms with Gasteiger partial charge in [-0.3, -0.25) is 28.8 Å². The molecule has 0 radical (unpaired) electrons. The third-order valence-corrected chi connectivity index (χ3v) is 10.2. The Morgan fingerprint density at radius 2 is 0.735 bits per heavy atom. The largest absolute Gasteiger partial charge is 0.481 e. The van der Waals surface area contributed by atoms with Gasteiger partial charge in [0.2, 0.25) is 29.5 Å². The minimum atomic E-state index is -1.43. The zero-order valence-electron chi connectivity index (χ0n) is 39.4. The van der Waals surface area contributed by atoms with Crippen molar-refractivity contribution in [2.45, 2.75) is 159 Å². The van der Waals surface area contributed by atoms with Crippen LogP contribution in [0.1, 0.15) is 141 Å². The van der Waals surface area contributed by atoms with Crippen LogP contribution in [-0.4, -0.2) is 164 Å². The number of hydrogen-bond donors (Lipinski definition) is 9. The number of aliphatic carboxylic acids is 4. The summed E-state index contributed by atoms with van der Waals surface area (Å²) in [5, 5.41) is 48.8. The average molecular weight is 976 g/mol. The van der Waals surface area contributed by atoms with Crippen LogP contribution in [0.2, 0.25) is 0 Å². The fourth-order valence-corrected chi connectivity index (χ4v) is 6.44. The van der Waals surface area contributed by atoms with E-state index in [1.807, 2.05) is 0 Å². The predicted octanol–water partition coefficient (Wildman–Crippen LogP) is 1.86. The number of unbranched alkanes of at least 4 members (excludes halogenated alkanes) is 13. The highest BCUT2D eigenvalue weighted by Crippen LogP contribution is 2.14. The Morgan fingerprint density at radius 3 is 1.18 bits per heavy atom. The van der Waals surface area contributed by atoms with Crippen LogP contribution in [0, 0.1) is 0 Å². The molecule has 390 valence electrons. The fraction of sp³-hybridized carbons (Fsp3) is 0.778. The van der Waals surface area contributed by atoms with Gasteiger partial charge in [0.25, 0.3) is 0 Å². The minimum absolute atomic E-state index is 0.0241. The van der Waals surface area contributed by atoms with Crippen LogP contribution < -0.4 is 26.6 Å². The predicted molar refractivity (Wildman–Crippen MR) is 243 cm³/mol. The summed E-state index contributed by atoms with van der Waals surface area (Å²) in [4.78, 5) is 116. The maximum atomic E-state index is 12.3. The Bertz CT molecular complexity index is 1480. The van der Waals surface area contributed by atoms with E-state index in [-0.39, 0.29) is 116 Å². The van der Waals surface area contributed by atoms with Gasteiger partial charge in [-0.05, 0) is 32.1 Å². The van der Waals surface area contributed by atoms with Gasteiger partial charge in [0.15, 0.2) is 0 Å². The van der Waals surface area contributed by atoms with Crippen LogP contribution in [0.5, 0.6) is 0 Å². The maximum absolute atomic E-state index is 12.3. The summed E-state index contributed by atoms with van der Waals surface area (Å²) in [5.74, 6) is -7.35. The summed E-state index contributed by atoms with van der Waals surface area (Å²) >= 11 is 0. The second kappa shape index (κ2) is 43.0. The van der Waals surface area contributed by atoms with Crippen molar-refractivity contribution in [3.8, 4) is 0 Å². The number of amides is 5. The molecule has 23 heteroatoms. The smallest absolute Gasteiger partial charge is 0.326 e. The standard InChI is InChI=1S/C45H77N5O18/c51-25-15-16-34(43(59)60)48-39(54)22-20-36(45(63)64)50-41(56)33-68-31-29-66-27-24-47-40(55)32-67-30-28-65-26-23-46-37(52)21-19-35(44(61)62)49-38(53)17-13-11-9-7-5-3-1-2-4-6-8-10-12-14-18-42(57)58/h25,34-36H,1-24,26-33H2,(H,46,52)(H,47,55)(H,48,54)(H,49,53)(H,50,56)(H,57,58)(H,59,60)(H,61,62)(H,63,64)/t34-,35?,36-/m0/s1. The summed E-state index contributed by atoms with van der Waals surface area (Å²) in [6.07, 6.45) is 14.7. The Labute approximate surface area is 398 Å². The van der Waals surface area contributed by atoms with E-state index in [9.17, 15) is 58.2 Å². The Balaban J connectivity index is 3.83. The van der Waals surface area contributed by atoms with Gasteiger partial charge in [-0.25, -0.2) is 14.4 Å². The maximum Gasteiger partial charge on any atom is 0.326 e. The number of ether oxygens (including phenoxy) is 4. The van der Waals surface area contributed by atoms with Gasteiger partial charge >= 0.3 is 23.9 Å². The molecule has 0 aliphatic heterocycles. The number of carbonyl (C=O) groups excluding carboxylic acids is 6. The van der Waals surface area contributed by atoms with Crippen LogP contribution in [-0.2, 0) is 66.9 Å². The molecular weight excluding hydrogens is 899 g/mol. The average Bonchev–Trinajstić information content (AvgIpc) is 3.28. The number of carboxylic acid groups (broad SMARTS) is 4. The number of rotatable bonds is 48. The van der Waals surface area contributed by atoms with Crippen molar-refractivity contribution in [3.63, 3.8) is 0 Å². The first-order chi connectivity index (χ1) is 32.7. The molecular formula is C45H77N5O18. The molecule has 0 aliphatic rings. The number of carboxylic acids is 4. The number of aldehydes is 1. The molecule has 0 aliphatic carbocycles. The van der Waals surface area contributed by atoms with E-state index < -0.39 is 72.8 Å². The van der Waals surface area contributed by atoms with E-state index in [0.717, 1.165) is 51.4 Å². The van der Waals surface area contributed by atoms with Crippen molar-refractivity contribution in [1.82, 2.24) is 26.6 Å². The molecule has 68 heavy (non-hydrogen) atoms. The van der Waals surface area contributed by atoms with Gasteiger partial charge in [-0.1, -0.05) is 77.0 Å². The van der Waals surface area contributed by atoms with Crippen molar-refractivity contribution in [3.05, 3.63) is 0 Å². The molecule has 3 atom stereocenters. The van der Waals surface area contributed by atoms with Crippen molar-refractivity contribution >= 4 is 59.7 Å². The molecule has 0 aromatic rings. The van der Waals surface area contributed by atoms with E-state index in [1.165, 1.54) is 32.1 Å². The quantitative estimate of drug-likeness (QED) is 0.0310. The van der Waals surface area contributed by atoms with Crippen molar-refractivity contribution in [2.24, 2.45) is 0 Å². The zero-order valence-corrected chi connectivity index (χ0v) is 39.4. The Kier molecular flexibility index (Phi) is 39.7. The highest BCUT2D eigenvalue weighted by molar-refractivity contribution is 5.87. The second-order valence-corrected chi connectivity index (χ2v) is 16.1. The lowest BCUT2D eigenvalue weighted by Gasteiger charge is -2.16. The molecule has 0 saturated carbocycles. The van der Waals surface area contributed by atoms with E-state index in [4.69, 9.17) is 29.2 Å². The fourth-order valence-electron chi connectivity index (χ4n) is 6.44. The zero-order chi connectivity index (χ0) is 50.6. The molecule has 0 heterocycles. The number of carbonyl (C=O) groups is 10. The molecule has 0 aromatic heterocycles. The van der Waals surface area contributed by atoms with Gasteiger partial charge in [0, 0.05) is 45.2 Å². The van der Waals surface area contributed by atoms with Crippen molar-refractivity contribution in [2.75, 3.05) is 65.9 Å². The lowest BCUT2D eigenvalue weighted by molar-refractivity contribution is -0.144. The van der Waals surface area contributed by atoms with Crippen LogP contribution in [0.15, 0.2) is 0 Å². The Morgan fingerprint density at radius 1 is 0.382 bits per heavy atom. The van der Waals surface area contributed by atoms with E-state index >= 15 is 0 Å².